The number of benzene rings is 1. The predicted octanol–water partition coefficient (Wildman–Crippen LogP) is 3.74. The summed E-state index contributed by atoms with van der Waals surface area (Å²) in [6.45, 7) is 5.72. The molecule has 1 aromatic rings. The van der Waals surface area contributed by atoms with E-state index in [0.29, 0.717) is 19.4 Å². The van der Waals surface area contributed by atoms with Gasteiger partial charge in [-0.1, -0.05) is 13.8 Å². The van der Waals surface area contributed by atoms with Crippen LogP contribution in [0.15, 0.2) is 18.2 Å². The van der Waals surface area contributed by atoms with E-state index in [1.807, 2.05) is 0 Å². The third kappa shape index (κ3) is 2.75. The van der Waals surface area contributed by atoms with Gasteiger partial charge in [0, 0.05) is 6.61 Å². The Morgan fingerprint density at radius 2 is 1.83 bits per heavy atom. The van der Waals surface area contributed by atoms with Crippen molar-refractivity contribution >= 4 is 5.78 Å². The first kappa shape index (κ1) is 14.8. The zero-order valence-electron chi connectivity index (χ0n) is 10.9. The molecule has 0 aliphatic heterocycles. The maximum Gasteiger partial charge on any atom is 0.197 e. The number of hydrogen-bond acceptors (Lipinski definition) is 2. The second-order valence-electron chi connectivity index (χ2n) is 4.09. The van der Waals surface area contributed by atoms with E-state index in [2.05, 4.69) is 0 Å². The number of hydrogen-bond donors (Lipinski definition) is 0. The molecule has 1 aromatic carbocycles. The van der Waals surface area contributed by atoms with Gasteiger partial charge in [-0.25, -0.2) is 8.78 Å². The van der Waals surface area contributed by atoms with Crippen LogP contribution in [0.25, 0.3) is 0 Å². The zero-order valence-corrected chi connectivity index (χ0v) is 10.9. The molecule has 2 nitrogen and oxygen atoms in total. The van der Waals surface area contributed by atoms with Gasteiger partial charge in [0.05, 0.1) is 5.56 Å². The highest BCUT2D eigenvalue weighted by Gasteiger charge is 2.37. The van der Waals surface area contributed by atoms with Gasteiger partial charge in [-0.15, -0.1) is 0 Å². The summed E-state index contributed by atoms with van der Waals surface area (Å²) in [6.07, 6.45) is 0.845. The molecule has 0 bridgehead atoms. The molecular weight excluding hydrogens is 238 g/mol. The van der Waals surface area contributed by atoms with E-state index in [0.717, 1.165) is 18.2 Å². The summed E-state index contributed by atoms with van der Waals surface area (Å²) in [4.78, 5) is 12.4. The van der Waals surface area contributed by atoms with Crippen LogP contribution in [-0.4, -0.2) is 18.0 Å². The number of carbonyl (C=O) groups is 1. The molecule has 1 rings (SSSR count). The fourth-order valence-electron chi connectivity index (χ4n) is 2.03. The van der Waals surface area contributed by atoms with Crippen LogP contribution < -0.4 is 0 Å². The minimum atomic E-state index is -1.07. The molecule has 0 N–H and O–H groups in total. The van der Waals surface area contributed by atoms with Gasteiger partial charge < -0.3 is 4.74 Å². The highest BCUT2D eigenvalue weighted by atomic mass is 19.1. The molecule has 0 radical (unpaired) electrons. The van der Waals surface area contributed by atoms with Crippen LogP contribution in [-0.2, 0) is 4.74 Å². The average molecular weight is 256 g/mol. The smallest absolute Gasteiger partial charge is 0.197 e. The molecule has 0 aromatic heterocycles. The zero-order chi connectivity index (χ0) is 13.8. The molecule has 18 heavy (non-hydrogen) atoms. The molecule has 100 valence electrons. The fraction of sp³-hybridized carbons (Fsp3) is 0.500. The van der Waals surface area contributed by atoms with E-state index in [1.165, 1.54) is 0 Å². The van der Waals surface area contributed by atoms with E-state index >= 15 is 0 Å². The number of ether oxygens (including phenoxy) is 1. The molecule has 0 saturated carbocycles. The highest BCUT2D eigenvalue weighted by Crippen LogP contribution is 2.27. The summed E-state index contributed by atoms with van der Waals surface area (Å²) in [6, 6.07) is 2.88. The Bertz CT molecular complexity index is 426. The Hall–Kier alpha value is -1.29. The van der Waals surface area contributed by atoms with Crippen LogP contribution in [0.3, 0.4) is 0 Å². The standard InChI is InChI=1S/C14H18F2O2/c1-4-14(5-2,18-6-3)13(17)11-9-10(15)7-8-12(11)16/h7-9H,4-6H2,1-3H3. The number of ketones is 1. The Kier molecular flexibility index (Phi) is 4.96. The van der Waals surface area contributed by atoms with Crippen molar-refractivity contribution in [1.29, 1.82) is 0 Å². The maximum atomic E-state index is 13.6. The topological polar surface area (TPSA) is 26.3 Å². The molecule has 0 atom stereocenters. The molecule has 0 aliphatic carbocycles. The monoisotopic (exact) mass is 256 g/mol. The normalized spacial score (nSPS) is 11.6. The summed E-state index contributed by atoms with van der Waals surface area (Å²) in [5, 5.41) is 0. The van der Waals surface area contributed by atoms with Crippen LogP contribution in [0.1, 0.15) is 44.0 Å². The van der Waals surface area contributed by atoms with Gasteiger partial charge in [-0.3, -0.25) is 4.79 Å². The van der Waals surface area contributed by atoms with E-state index in [4.69, 9.17) is 4.74 Å². The number of carbonyl (C=O) groups excluding carboxylic acids is 1. The summed E-state index contributed by atoms with van der Waals surface area (Å²) < 4.78 is 32.3. The molecule has 4 heteroatoms. The number of Topliss-reactive ketones (excluding diaryl/α,β-unsaturated/α-hetero) is 1. The third-order valence-electron chi connectivity index (χ3n) is 3.15. The van der Waals surface area contributed by atoms with Crippen molar-refractivity contribution < 1.29 is 18.3 Å². The number of halogens is 2. The summed E-state index contributed by atoms with van der Waals surface area (Å²) in [7, 11) is 0. The lowest BCUT2D eigenvalue weighted by atomic mass is 9.87. The van der Waals surface area contributed by atoms with Crippen molar-refractivity contribution in [2.24, 2.45) is 0 Å². The van der Waals surface area contributed by atoms with Crippen molar-refractivity contribution in [3.05, 3.63) is 35.4 Å². The van der Waals surface area contributed by atoms with Crippen molar-refractivity contribution in [1.82, 2.24) is 0 Å². The van der Waals surface area contributed by atoms with Crippen molar-refractivity contribution in [3.63, 3.8) is 0 Å². The van der Waals surface area contributed by atoms with Crippen LogP contribution >= 0.6 is 0 Å². The van der Waals surface area contributed by atoms with Gasteiger partial charge in [-0.2, -0.15) is 0 Å². The summed E-state index contributed by atoms with van der Waals surface area (Å²) >= 11 is 0. The minimum absolute atomic E-state index is 0.243. The van der Waals surface area contributed by atoms with Crippen LogP contribution in [0, 0.1) is 11.6 Å². The molecule has 0 spiro atoms. The molecule has 0 fully saturated rings. The van der Waals surface area contributed by atoms with Crippen molar-refractivity contribution in [3.8, 4) is 0 Å². The van der Waals surface area contributed by atoms with Crippen LogP contribution in [0.5, 0.6) is 0 Å². The van der Waals surface area contributed by atoms with Gasteiger partial charge in [0.1, 0.15) is 17.2 Å². The van der Waals surface area contributed by atoms with Gasteiger partial charge in [0.15, 0.2) is 5.78 Å². The third-order valence-corrected chi connectivity index (χ3v) is 3.15. The van der Waals surface area contributed by atoms with E-state index in [9.17, 15) is 13.6 Å². The lowest BCUT2D eigenvalue weighted by Crippen LogP contribution is -2.41. The second-order valence-corrected chi connectivity index (χ2v) is 4.09. The summed E-state index contributed by atoms with van der Waals surface area (Å²) in [5.41, 5.74) is -1.31. The van der Waals surface area contributed by atoms with Gasteiger partial charge >= 0.3 is 0 Å². The van der Waals surface area contributed by atoms with Crippen LogP contribution in [0.4, 0.5) is 8.78 Å². The van der Waals surface area contributed by atoms with Gasteiger partial charge in [0.25, 0.3) is 0 Å². The second kappa shape index (κ2) is 6.05. The van der Waals surface area contributed by atoms with Crippen molar-refractivity contribution in [2.75, 3.05) is 6.61 Å². The highest BCUT2D eigenvalue weighted by molar-refractivity contribution is 6.02. The Balaban J connectivity index is 3.21. The minimum Gasteiger partial charge on any atom is -0.367 e. The first-order chi connectivity index (χ1) is 8.50. The van der Waals surface area contributed by atoms with E-state index in [-0.39, 0.29) is 5.56 Å². The summed E-state index contributed by atoms with van der Waals surface area (Å²) in [5.74, 6) is -1.84. The first-order valence-electron chi connectivity index (χ1n) is 6.14. The largest absolute Gasteiger partial charge is 0.367 e. The Labute approximate surface area is 106 Å². The van der Waals surface area contributed by atoms with Crippen molar-refractivity contribution in [2.45, 2.75) is 39.2 Å². The number of rotatable bonds is 6. The van der Waals surface area contributed by atoms with E-state index in [1.54, 1.807) is 20.8 Å². The molecule has 0 saturated heterocycles. The average Bonchev–Trinajstić information content (AvgIpc) is 2.38. The Morgan fingerprint density at radius 1 is 1.22 bits per heavy atom. The predicted molar refractivity (Wildman–Crippen MR) is 65.6 cm³/mol. The molecule has 0 aliphatic rings. The van der Waals surface area contributed by atoms with Gasteiger partial charge in [-0.05, 0) is 38.0 Å². The Morgan fingerprint density at radius 3 is 2.33 bits per heavy atom. The van der Waals surface area contributed by atoms with E-state index < -0.39 is 23.0 Å². The van der Waals surface area contributed by atoms with Gasteiger partial charge in [0.2, 0.25) is 0 Å². The first-order valence-corrected chi connectivity index (χ1v) is 6.14. The molecule has 0 amide bonds. The molecule has 0 unspecified atom stereocenters. The molecule has 0 heterocycles. The van der Waals surface area contributed by atoms with Crippen LogP contribution in [0.2, 0.25) is 0 Å². The molecular formula is C14H18F2O2. The lowest BCUT2D eigenvalue weighted by Gasteiger charge is -2.30. The quantitative estimate of drug-likeness (QED) is 0.725. The fourth-order valence-corrected chi connectivity index (χ4v) is 2.03. The SMILES string of the molecule is CCOC(CC)(CC)C(=O)c1cc(F)ccc1F. The lowest BCUT2D eigenvalue weighted by molar-refractivity contribution is -0.0253. The maximum absolute atomic E-state index is 13.6.